The third-order valence-corrected chi connectivity index (χ3v) is 4.33. The average molecular weight is 403 g/mol. The highest BCUT2D eigenvalue weighted by Crippen LogP contribution is 2.25. The van der Waals surface area contributed by atoms with Crippen LogP contribution in [0.5, 0.6) is 5.75 Å². The lowest BCUT2D eigenvalue weighted by Crippen LogP contribution is -2.19. The van der Waals surface area contributed by atoms with Crippen molar-refractivity contribution in [3.8, 4) is 5.75 Å². The van der Waals surface area contributed by atoms with Crippen molar-refractivity contribution in [2.45, 2.75) is 19.8 Å². The summed E-state index contributed by atoms with van der Waals surface area (Å²) in [5.41, 5.74) is 2.39. The van der Waals surface area contributed by atoms with Gasteiger partial charge in [-0.05, 0) is 55.0 Å². The van der Waals surface area contributed by atoms with E-state index >= 15 is 0 Å². The monoisotopic (exact) mass is 403 g/mol. The largest absolute Gasteiger partial charge is 0.491 e. The highest BCUT2D eigenvalue weighted by Gasteiger charge is 2.10. The molecule has 3 rings (SSSR count). The zero-order valence-electron chi connectivity index (χ0n) is 16.9. The number of carbonyl (C=O) groups excluding carboxylic acids is 2. The molecule has 0 saturated carbocycles. The fourth-order valence-electron chi connectivity index (χ4n) is 2.74. The molecule has 3 N–H and O–H groups in total. The molecule has 0 atom stereocenters. The van der Waals surface area contributed by atoms with Crippen molar-refractivity contribution in [1.82, 2.24) is 0 Å². The Morgan fingerprint density at radius 1 is 0.767 bits per heavy atom. The van der Waals surface area contributed by atoms with Crippen molar-refractivity contribution < 1.29 is 14.3 Å². The van der Waals surface area contributed by atoms with Crippen molar-refractivity contribution in [2.75, 3.05) is 22.6 Å². The van der Waals surface area contributed by atoms with Gasteiger partial charge in [0.15, 0.2) is 0 Å². The summed E-state index contributed by atoms with van der Waals surface area (Å²) in [7, 11) is 0. The normalized spacial score (nSPS) is 10.2. The average Bonchev–Trinajstić information content (AvgIpc) is 2.76. The molecule has 0 aliphatic rings. The molecule has 0 unspecified atom stereocenters. The van der Waals surface area contributed by atoms with Crippen molar-refractivity contribution in [2.24, 2.45) is 0 Å². The van der Waals surface area contributed by atoms with Crippen LogP contribution in [-0.2, 0) is 0 Å². The summed E-state index contributed by atoms with van der Waals surface area (Å²) in [5.74, 6) is 0.400. The number of amides is 3. The van der Waals surface area contributed by atoms with E-state index in [0.29, 0.717) is 35.0 Å². The van der Waals surface area contributed by atoms with Crippen LogP contribution in [0.25, 0.3) is 0 Å². The topological polar surface area (TPSA) is 79.5 Å². The Morgan fingerprint density at radius 3 is 2.10 bits per heavy atom. The van der Waals surface area contributed by atoms with Crippen LogP contribution in [0.1, 0.15) is 30.1 Å². The number of unbranched alkanes of at least 4 members (excludes halogenated alkanes) is 1. The van der Waals surface area contributed by atoms with Gasteiger partial charge in [-0.3, -0.25) is 4.79 Å². The maximum atomic E-state index is 12.6. The van der Waals surface area contributed by atoms with Crippen LogP contribution in [0.2, 0.25) is 0 Å². The molecule has 0 saturated heterocycles. The smallest absolute Gasteiger partial charge is 0.323 e. The quantitative estimate of drug-likeness (QED) is 0.418. The molecule has 154 valence electrons. The lowest BCUT2D eigenvalue weighted by atomic mass is 10.2. The molecule has 0 fully saturated rings. The van der Waals surface area contributed by atoms with Crippen molar-refractivity contribution in [3.05, 3.63) is 84.4 Å². The molecule has 3 amide bonds. The Kier molecular flexibility index (Phi) is 7.44. The minimum absolute atomic E-state index is 0.248. The summed E-state index contributed by atoms with van der Waals surface area (Å²) in [6.07, 6.45) is 1.99. The first-order chi connectivity index (χ1) is 14.7. The first-order valence-corrected chi connectivity index (χ1v) is 9.92. The standard InChI is InChI=1S/C24H25N3O3/c1-2-3-17-30-22-12-8-7-11-21(22)27-23(28)18-13-15-20(16-14-18)26-24(29)25-19-9-5-4-6-10-19/h4-16H,2-3,17H2,1H3,(H,27,28)(H2,25,26,29). The fraction of sp³-hybridized carbons (Fsp3) is 0.167. The number of para-hydroxylation sites is 3. The number of anilines is 3. The van der Waals surface area contributed by atoms with E-state index in [4.69, 9.17) is 4.74 Å². The van der Waals surface area contributed by atoms with Gasteiger partial charge in [0.05, 0.1) is 12.3 Å². The molecule has 0 aromatic heterocycles. The van der Waals surface area contributed by atoms with Gasteiger partial charge in [-0.25, -0.2) is 4.79 Å². The van der Waals surface area contributed by atoms with Gasteiger partial charge in [0.25, 0.3) is 5.91 Å². The predicted octanol–water partition coefficient (Wildman–Crippen LogP) is 5.76. The number of urea groups is 1. The Morgan fingerprint density at radius 2 is 1.40 bits per heavy atom. The Bertz CT molecular complexity index is 973. The van der Waals surface area contributed by atoms with Crippen LogP contribution in [0.3, 0.4) is 0 Å². The minimum atomic E-state index is -0.350. The number of benzene rings is 3. The molecule has 0 bridgehead atoms. The second-order valence-corrected chi connectivity index (χ2v) is 6.67. The molecule has 6 nitrogen and oxygen atoms in total. The van der Waals surface area contributed by atoms with Gasteiger partial charge in [0.2, 0.25) is 0 Å². The summed E-state index contributed by atoms with van der Waals surface area (Å²) in [5, 5.41) is 8.37. The number of hydrogen-bond acceptors (Lipinski definition) is 3. The second kappa shape index (κ2) is 10.7. The summed E-state index contributed by atoms with van der Waals surface area (Å²) < 4.78 is 5.76. The molecular formula is C24H25N3O3. The van der Waals surface area contributed by atoms with Crippen LogP contribution in [-0.4, -0.2) is 18.5 Å². The highest BCUT2D eigenvalue weighted by molar-refractivity contribution is 6.05. The van der Waals surface area contributed by atoms with E-state index in [1.165, 1.54) is 0 Å². The van der Waals surface area contributed by atoms with Crippen LogP contribution in [0, 0.1) is 0 Å². The summed E-state index contributed by atoms with van der Waals surface area (Å²) in [6, 6.07) is 22.9. The lowest BCUT2D eigenvalue weighted by molar-refractivity contribution is 0.102. The number of ether oxygens (including phenoxy) is 1. The Balaban J connectivity index is 1.58. The number of hydrogen-bond donors (Lipinski definition) is 3. The maximum Gasteiger partial charge on any atom is 0.323 e. The van der Waals surface area contributed by atoms with Gasteiger partial charge in [-0.2, -0.15) is 0 Å². The van der Waals surface area contributed by atoms with Crippen LogP contribution < -0.4 is 20.7 Å². The van der Waals surface area contributed by atoms with Gasteiger partial charge in [0, 0.05) is 16.9 Å². The summed E-state index contributed by atoms with van der Waals surface area (Å²) >= 11 is 0. The van der Waals surface area contributed by atoms with Gasteiger partial charge < -0.3 is 20.7 Å². The molecule has 0 heterocycles. The molecule has 6 heteroatoms. The second-order valence-electron chi connectivity index (χ2n) is 6.67. The van der Waals surface area contributed by atoms with Crippen LogP contribution in [0.4, 0.5) is 21.9 Å². The van der Waals surface area contributed by atoms with Gasteiger partial charge in [-0.1, -0.05) is 43.7 Å². The summed E-state index contributed by atoms with van der Waals surface area (Å²) in [6.45, 7) is 2.70. The zero-order chi connectivity index (χ0) is 21.2. The SMILES string of the molecule is CCCCOc1ccccc1NC(=O)c1ccc(NC(=O)Nc2ccccc2)cc1. The highest BCUT2D eigenvalue weighted by atomic mass is 16.5. The van der Waals surface area contributed by atoms with Crippen molar-refractivity contribution in [1.29, 1.82) is 0 Å². The molecule has 0 aliphatic heterocycles. The molecule has 0 radical (unpaired) electrons. The van der Waals surface area contributed by atoms with E-state index in [-0.39, 0.29) is 11.9 Å². The van der Waals surface area contributed by atoms with Gasteiger partial charge in [0.1, 0.15) is 5.75 Å². The van der Waals surface area contributed by atoms with Gasteiger partial charge in [-0.15, -0.1) is 0 Å². The van der Waals surface area contributed by atoms with E-state index in [2.05, 4.69) is 22.9 Å². The predicted molar refractivity (Wildman–Crippen MR) is 120 cm³/mol. The number of nitrogens with one attached hydrogen (secondary N) is 3. The van der Waals surface area contributed by atoms with E-state index in [1.54, 1.807) is 36.4 Å². The lowest BCUT2D eigenvalue weighted by Gasteiger charge is -2.12. The van der Waals surface area contributed by atoms with E-state index in [0.717, 1.165) is 12.8 Å². The Labute approximate surface area is 176 Å². The third-order valence-electron chi connectivity index (χ3n) is 4.33. The molecule has 30 heavy (non-hydrogen) atoms. The molecule has 3 aromatic carbocycles. The summed E-state index contributed by atoms with van der Waals surface area (Å²) in [4.78, 5) is 24.7. The maximum absolute atomic E-state index is 12.6. The molecule has 0 aliphatic carbocycles. The Hall–Kier alpha value is -3.80. The minimum Gasteiger partial charge on any atom is -0.491 e. The van der Waals surface area contributed by atoms with Crippen LogP contribution >= 0.6 is 0 Å². The molecule has 3 aromatic rings. The third kappa shape index (κ3) is 6.10. The number of carbonyl (C=O) groups is 2. The van der Waals surface area contributed by atoms with Crippen molar-refractivity contribution in [3.63, 3.8) is 0 Å². The first kappa shape index (κ1) is 20.9. The fourth-order valence-corrected chi connectivity index (χ4v) is 2.74. The zero-order valence-corrected chi connectivity index (χ0v) is 16.9. The van der Waals surface area contributed by atoms with Crippen molar-refractivity contribution >= 4 is 29.0 Å². The first-order valence-electron chi connectivity index (χ1n) is 9.92. The van der Waals surface area contributed by atoms with E-state index in [1.807, 2.05) is 42.5 Å². The van der Waals surface area contributed by atoms with E-state index in [9.17, 15) is 9.59 Å². The van der Waals surface area contributed by atoms with Gasteiger partial charge >= 0.3 is 6.03 Å². The van der Waals surface area contributed by atoms with Crippen LogP contribution in [0.15, 0.2) is 78.9 Å². The molecule has 0 spiro atoms. The number of rotatable bonds is 8. The molecular weight excluding hydrogens is 378 g/mol. The van der Waals surface area contributed by atoms with E-state index < -0.39 is 0 Å².